The summed E-state index contributed by atoms with van der Waals surface area (Å²) in [5.41, 5.74) is 0. The van der Waals surface area contributed by atoms with Crippen LogP contribution in [0.25, 0.3) is 0 Å². The molecule has 0 aliphatic rings. The molecule has 0 radical (unpaired) electrons. The molecule has 2 N–H and O–H groups in total. The highest BCUT2D eigenvalue weighted by atomic mass is 79.9. The number of carbonyl (C=O) groups is 2. The van der Waals surface area contributed by atoms with Gasteiger partial charge in [0.15, 0.2) is 10.4 Å². The van der Waals surface area contributed by atoms with Gasteiger partial charge in [-0.2, -0.15) is 0 Å². The zero-order valence-corrected chi connectivity index (χ0v) is 12.5. The van der Waals surface area contributed by atoms with Crippen LogP contribution in [0.4, 0.5) is 4.79 Å². The zero-order chi connectivity index (χ0) is 14.3. The number of ether oxygens (including phenoxy) is 1. The van der Waals surface area contributed by atoms with Gasteiger partial charge in [0.25, 0.3) is 5.91 Å². The quantitative estimate of drug-likeness (QED) is 0.782. The molecule has 0 aromatic carbocycles. The van der Waals surface area contributed by atoms with Crippen LogP contribution in [0.5, 0.6) is 0 Å². The molecule has 0 bridgehead atoms. The van der Waals surface area contributed by atoms with E-state index in [1.807, 2.05) is 13.8 Å². The molecule has 0 fully saturated rings. The topological polar surface area (TPSA) is 80.6 Å². The third-order valence-electron chi connectivity index (χ3n) is 2.02. The lowest BCUT2D eigenvalue weighted by molar-refractivity contribution is 0.0922. The van der Waals surface area contributed by atoms with Crippen molar-refractivity contribution in [2.24, 2.45) is 5.92 Å². The van der Waals surface area contributed by atoms with E-state index in [0.29, 0.717) is 30.3 Å². The minimum absolute atomic E-state index is 0.217. The standard InChI is InChI=1S/C12H17BrN2O4/c1-8(2)7-18-12(17)15-6-5-14-11(16)9-3-4-10(13)19-9/h3-4,8H,5-7H2,1-2H3,(H,14,16)(H,15,17). The molecule has 0 atom stereocenters. The number of rotatable bonds is 6. The number of hydrogen-bond donors (Lipinski definition) is 2. The summed E-state index contributed by atoms with van der Waals surface area (Å²) in [5.74, 6) is 0.181. The van der Waals surface area contributed by atoms with Crippen molar-refractivity contribution in [1.29, 1.82) is 0 Å². The van der Waals surface area contributed by atoms with Crippen LogP contribution in [0.15, 0.2) is 21.2 Å². The zero-order valence-electron chi connectivity index (χ0n) is 10.9. The molecule has 19 heavy (non-hydrogen) atoms. The van der Waals surface area contributed by atoms with Crippen LogP contribution >= 0.6 is 15.9 Å². The molecule has 106 valence electrons. The summed E-state index contributed by atoms with van der Waals surface area (Å²) in [4.78, 5) is 22.7. The van der Waals surface area contributed by atoms with E-state index < -0.39 is 6.09 Å². The molecule has 1 heterocycles. The Balaban J connectivity index is 2.14. The van der Waals surface area contributed by atoms with Crippen LogP contribution in [0.3, 0.4) is 0 Å². The van der Waals surface area contributed by atoms with Gasteiger partial charge in [0.2, 0.25) is 0 Å². The molecule has 7 heteroatoms. The van der Waals surface area contributed by atoms with Crippen LogP contribution in [-0.4, -0.2) is 31.7 Å². The number of furan rings is 1. The Labute approximate surface area is 120 Å². The second-order valence-corrected chi connectivity index (χ2v) is 5.06. The van der Waals surface area contributed by atoms with Gasteiger partial charge in [-0.3, -0.25) is 4.79 Å². The molecule has 1 rings (SSSR count). The second kappa shape index (κ2) is 7.83. The largest absolute Gasteiger partial charge is 0.449 e. The fourth-order valence-electron chi connectivity index (χ4n) is 1.16. The summed E-state index contributed by atoms with van der Waals surface area (Å²) < 4.78 is 10.5. The average molecular weight is 333 g/mol. The van der Waals surface area contributed by atoms with E-state index >= 15 is 0 Å². The fraction of sp³-hybridized carbons (Fsp3) is 0.500. The lowest BCUT2D eigenvalue weighted by atomic mass is 10.2. The maximum atomic E-state index is 11.5. The van der Waals surface area contributed by atoms with Crippen LogP contribution in [0.1, 0.15) is 24.4 Å². The molecule has 0 aliphatic heterocycles. The van der Waals surface area contributed by atoms with Gasteiger partial charge in [0.1, 0.15) is 0 Å². The maximum absolute atomic E-state index is 11.5. The highest BCUT2D eigenvalue weighted by molar-refractivity contribution is 9.10. The Morgan fingerprint density at radius 3 is 2.58 bits per heavy atom. The molecular weight excluding hydrogens is 316 g/mol. The molecule has 6 nitrogen and oxygen atoms in total. The third-order valence-corrected chi connectivity index (χ3v) is 2.45. The summed E-state index contributed by atoms with van der Waals surface area (Å²) in [6.45, 7) is 4.88. The van der Waals surface area contributed by atoms with Crippen molar-refractivity contribution in [2.45, 2.75) is 13.8 Å². The van der Waals surface area contributed by atoms with Gasteiger partial charge in [0, 0.05) is 13.1 Å². The van der Waals surface area contributed by atoms with Gasteiger partial charge in [-0.25, -0.2) is 4.79 Å². The Hall–Kier alpha value is -1.50. The maximum Gasteiger partial charge on any atom is 0.407 e. The molecule has 0 saturated heterocycles. The van der Waals surface area contributed by atoms with Crippen molar-refractivity contribution < 1.29 is 18.7 Å². The molecule has 1 aromatic heterocycles. The minimum atomic E-state index is -0.483. The number of alkyl carbamates (subject to hydrolysis) is 1. The van der Waals surface area contributed by atoms with Gasteiger partial charge >= 0.3 is 6.09 Å². The molecule has 2 amide bonds. The Morgan fingerprint density at radius 2 is 2.00 bits per heavy atom. The second-order valence-electron chi connectivity index (χ2n) is 4.28. The summed E-state index contributed by atoms with van der Waals surface area (Å²) in [6.07, 6.45) is -0.483. The van der Waals surface area contributed by atoms with E-state index in [4.69, 9.17) is 9.15 Å². The first-order chi connectivity index (χ1) is 8.99. The number of halogens is 1. The smallest absolute Gasteiger partial charge is 0.407 e. The highest BCUT2D eigenvalue weighted by Gasteiger charge is 2.09. The third kappa shape index (κ3) is 6.28. The molecule has 1 aromatic rings. The van der Waals surface area contributed by atoms with Crippen LogP contribution in [0, 0.1) is 5.92 Å². The van der Waals surface area contributed by atoms with Gasteiger partial charge in [0.05, 0.1) is 6.61 Å². The monoisotopic (exact) mass is 332 g/mol. The fourth-order valence-corrected chi connectivity index (χ4v) is 1.46. The minimum Gasteiger partial charge on any atom is -0.449 e. The number of hydrogen-bond acceptors (Lipinski definition) is 4. The lowest BCUT2D eigenvalue weighted by Gasteiger charge is -2.08. The van der Waals surface area contributed by atoms with E-state index in [-0.39, 0.29) is 11.7 Å². The van der Waals surface area contributed by atoms with Crippen LogP contribution in [-0.2, 0) is 4.74 Å². The SMILES string of the molecule is CC(C)COC(=O)NCCNC(=O)c1ccc(Br)o1. The van der Waals surface area contributed by atoms with E-state index in [1.165, 1.54) is 0 Å². The number of carbonyl (C=O) groups excluding carboxylic acids is 2. The van der Waals surface area contributed by atoms with E-state index in [1.54, 1.807) is 12.1 Å². The van der Waals surface area contributed by atoms with Crippen molar-refractivity contribution in [1.82, 2.24) is 10.6 Å². The summed E-state index contributed by atoms with van der Waals surface area (Å²) >= 11 is 3.11. The van der Waals surface area contributed by atoms with Gasteiger partial charge in [-0.1, -0.05) is 13.8 Å². The summed E-state index contributed by atoms with van der Waals surface area (Å²) in [5, 5.41) is 5.14. The Morgan fingerprint density at radius 1 is 1.32 bits per heavy atom. The summed E-state index contributed by atoms with van der Waals surface area (Å²) in [6, 6.07) is 3.19. The molecule has 0 saturated carbocycles. The van der Waals surface area contributed by atoms with Crippen LogP contribution < -0.4 is 10.6 Å². The molecule has 0 aliphatic carbocycles. The van der Waals surface area contributed by atoms with Gasteiger partial charge in [-0.05, 0) is 34.0 Å². The van der Waals surface area contributed by atoms with E-state index in [9.17, 15) is 9.59 Å². The first-order valence-electron chi connectivity index (χ1n) is 5.93. The van der Waals surface area contributed by atoms with Crippen molar-refractivity contribution in [2.75, 3.05) is 19.7 Å². The Kier molecular flexibility index (Phi) is 6.41. The predicted octanol–water partition coefficient (Wildman–Crippen LogP) is 2.15. The molecule has 0 spiro atoms. The highest BCUT2D eigenvalue weighted by Crippen LogP contribution is 2.13. The number of nitrogens with one attached hydrogen (secondary N) is 2. The van der Waals surface area contributed by atoms with E-state index in [2.05, 4.69) is 26.6 Å². The van der Waals surface area contributed by atoms with E-state index in [0.717, 1.165) is 0 Å². The van der Waals surface area contributed by atoms with Crippen molar-refractivity contribution >= 4 is 27.9 Å². The summed E-state index contributed by atoms with van der Waals surface area (Å²) in [7, 11) is 0. The lowest BCUT2D eigenvalue weighted by Crippen LogP contribution is -2.35. The first kappa shape index (κ1) is 15.6. The van der Waals surface area contributed by atoms with Gasteiger partial charge in [-0.15, -0.1) is 0 Å². The first-order valence-corrected chi connectivity index (χ1v) is 6.72. The molecule has 0 unspecified atom stereocenters. The van der Waals surface area contributed by atoms with Crippen molar-refractivity contribution in [3.05, 3.63) is 22.6 Å². The van der Waals surface area contributed by atoms with Crippen molar-refractivity contribution in [3.8, 4) is 0 Å². The molecular formula is C12H17BrN2O4. The average Bonchev–Trinajstić information content (AvgIpc) is 2.78. The normalized spacial score (nSPS) is 10.3. The van der Waals surface area contributed by atoms with Crippen LogP contribution in [0.2, 0.25) is 0 Å². The Bertz CT molecular complexity index is 431. The van der Waals surface area contributed by atoms with Gasteiger partial charge < -0.3 is 19.8 Å². The van der Waals surface area contributed by atoms with Crippen molar-refractivity contribution in [3.63, 3.8) is 0 Å². The predicted molar refractivity (Wildman–Crippen MR) is 72.9 cm³/mol. The number of amides is 2.